The second-order valence-corrected chi connectivity index (χ2v) is 8.11. The topological polar surface area (TPSA) is 84.1 Å². The van der Waals surface area contributed by atoms with Crippen molar-refractivity contribution in [2.45, 2.75) is 28.8 Å². The number of rotatable bonds is 5. The molecular weight excluding hydrogens is 382 g/mol. The third kappa shape index (κ3) is 4.13. The number of ether oxygens (including phenoxy) is 1. The first-order valence-corrected chi connectivity index (χ1v) is 9.90. The van der Waals surface area contributed by atoms with E-state index < -0.39 is 5.25 Å². The number of hydrogen-bond donors (Lipinski definition) is 2. The van der Waals surface area contributed by atoms with Crippen LogP contribution in [0.3, 0.4) is 0 Å². The maximum atomic E-state index is 12.4. The molecule has 0 radical (unpaired) electrons. The molecule has 2 N–H and O–H groups in total. The largest absolute Gasteiger partial charge is 0.495 e. The summed E-state index contributed by atoms with van der Waals surface area (Å²) < 4.78 is 5.09. The molecule has 2 aromatic rings. The Morgan fingerprint density at radius 2 is 2.28 bits per heavy atom. The number of hydrogen-bond acceptors (Lipinski definition) is 6. The zero-order valence-corrected chi connectivity index (χ0v) is 16.0. The van der Waals surface area contributed by atoms with Crippen molar-refractivity contribution in [1.82, 2.24) is 9.97 Å². The van der Waals surface area contributed by atoms with Crippen molar-refractivity contribution in [3.05, 3.63) is 44.8 Å². The van der Waals surface area contributed by atoms with Gasteiger partial charge in [0.2, 0.25) is 5.91 Å². The van der Waals surface area contributed by atoms with Gasteiger partial charge in [0.15, 0.2) is 5.16 Å². The maximum absolute atomic E-state index is 12.4. The summed E-state index contributed by atoms with van der Waals surface area (Å²) in [5, 5.41) is 3.24. The molecule has 9 heteroatoms. The molecule has 1 aliphatic heterocycles. The van der Waals surface area contributed by atoms with Crippen molar-refractivity contribution in [2.24, 2.45) is 0 Å². The number of halogens is 1. The van der Waals surface area contributed by atoms with Crippen LogP contribution in [0.1, 0.15) is 18.2 Å². The molecule has 132 valence electrons. The Kier molecular flexibility index (Phi) is 5.61. The summed E-state index contributed by atoms with van der Waals surface area (Å²) in [6, 6.07) is 5.03. The van der Waals surface area contributed by atoms with Crippen molar-refractivity contribution in [2.75, 3.05) is 12.4 Å². The number of nitrogens with one attached hydrogen (secondary N) is 2. The highest BCUT2D eigenvalue weighted by atomic mass is 35.5. The van der Waals surface area contributed by atoms with Crippen LogP contribution in [0.5, 0.6) is 5.75 Å². The molecule has 3 rings (SSSR count). The van der Waals surface area contributed by atoms with Crippen molar-refractivity contribution >= 4 is 46.7 Å². The number of anilines is 1. The number of H-pyrrole nitrogens is 1. The zero-order valence-electron chi connectivity index (χ0n) is 13.6. The number of fused-ring (bicyclic) bond motifs is 1. The summed E-state index contributed by atoms with van der Waals surface area (Å²) in [7, 11) is 1.53. The molecule has 1 amide bonds. The molecule has 2 heterocycles. The van der Waals surface area contributed by atoms with Crippen LogP contribution in [-0.4, -0.2) is 28.2 Å². The molecule has 1 aromatic heterocycles. The van der Waals surface area contributed by atoms with Gasteiger partial charge in [0, 0.05) is 22.8 Å². The Morgan fingerprint density at radius 3 is 3.00 bits per heavy atom. The van der Waals surface area contributed by atoms with Gasteiger partial charge in [0.25, 0.3) is 5.56 Å². The van der Waals surface area contributed by atoms with E-state index in [-0.39, 0.29) is 11.5 Å². The Labute approximate surface area is 158 Å². The van der Waals surface area contributed by atoms with E-state index in [0.717, 1.165) is 17.0 Å². The van der Waals surface area contributed by atoms with E-state index >= 15 is 0 Å². The molecule has 0 spiro atoms. The highest BCUT2D eigenvalue weighted by Gasteiger charge is 2.21. The predicted molar refractivity (Wildman–Crippen MR) is 102 cm³/mol. The summed E-state index contributed by atoms with van der Waals surface area (Å²) in [6.45, 7) is 1.76. The number of benzene rings is 1. The van der Waals surface area contributed by atoms with Crippen molar-refractivity contribution in [1.29, 1.82) is 0 Å². The highest BCUT2D eigenvalue weighted by molar-refractivity contribution is 8.00. The van der Waals surface area contributed by atoms with Crippen LogP contribution >= 0.6 is 35.1 Å². The summed E-state index contributed by atoms with van der Waals surface area (Å²) in [6.07, 6.45) is 0. The lowest BCUT2D eigenvalue weighted by atomic mass is 10.3. The van der Waals surface area contributed by atoms with Crippen LogP contribution in [0.4, 0.5) is 5.69 Å². The minimum atomic E-state index is -0.434. The summed E-state index contributed by atoms with van der Waals surface area (Å²) in [5.74, 6) is 1.76. The molecule has 1 aliphatic rings. The number of aromatic amines is 1. The van der Waals surface area contributed by atoms with Gasteiger partial charge in [-0.3, -0.25) is 9.59 Å². The Balaban J connectivity index is 1.68. The minimum Gasteiger partial charge on any atom is -0.495 e. The minimum absolute atomic E-state index is 0.118. The summed E-state index contributed by atoms with van der Waals surface area (Å²) >= 11 is 8.94. The molecule has 1 atom stereocenters. The number of methoxy groups -OCH3 is 1. The first-order valence-electron chi connectivity index (χ1n) is 7.49. The summed E-state index contributed by atoms with van der Waals surface area (Å²) in [4.78, 5) is 31.6. The van der Waals surface area contributed by atoms with Crippen molar-refractivity contribution in [3.63, 3.8) is 0 Å². The SMILES string of the molecule is COc1ccc(NC(=O)C(C)Sc2nc3c(c(=O)[nH]2)CSC3)cc1Cl. The van der Waals surface area contributed by atoms with Crippen molar-refractivity contribution < 1.29 is 9.53 Å². The smallest absolute Gasteiger partial charge is 0.255 e. The predicted octanol–water partition coefficient (Wildman–Crippen LogP) is 3.30. The number of nitrogens with zero attached hydrogens (tertiary/aromatic N) is 1. The normalized spacial score (nSPS) is 14.0. The first kappa shape index (κ1) is 18.2. The molecule has 25 heavy (non-hydrogen) atoms. The zero-order chi connectivity index (χ0) is 18.0. The number of thioether (sulfide) groups is 2. The Hall–Kier alpha value is -1.64. The van der Waals surface area contributed by atoms with Gasteiger partial charge in [-0.2, -0.15) is 11.8 Å². The van der Waals surface area contributed by atoms with E-state index in [1.807, 2.05) is 0 Å². The van der Waals surface area contributed by atoms with E-state index in [4.69, 9.17) is 16.3 Å². The van der Waals surface area contributed by atoms with E-state index in [1.165, 1.54) is 18.9 Å². The molecule has 0 saturated carbocycles. The first-order chi connectivity index (χ1) is 12.0. The molecule has 1 aromatic carbocycles. The highest BCUT2D eigenvalue weighted by Crippen LogP contribution is 2.29. The van der Waals surface area contributed by atoms with Gasteiger partial charge in [-0.15, -0.1) is 0 Å². The van der Waals surface area contributed by atoms with E-state index in [0.29, 0.717) is 27.4 Å². The van der Waals surface area contributed by atoms with Gasteiger partial charge in [-0.05, 0) is 25.1 Å². The molecule has 0 aliphatic carbocycles. The third-order valence-electron chi connectivity index (χ3n) is 3.64. The van der Waals surface area contributed by atoms with Crippen molar-refractivity contribution in [3.8, 4) is 5.75 Å². The second-order valence-electron chi connectivity index (χ2n) is 5.39. The number of aromatic nitrogens is 2. The second kappa shape index (κ2) is 7.72. The molecule has 0 fully saturated rings. The molecule has 1 unspecified atom stereocenters. The number of carbonyl (C=O) groups excluding carboxylic acids is 1. The molecule has 0 bridgehead atoms. The van der Waals surface area contributed by atoms with Gasteiger partial charge in [0.05, 0.1) is 23.1 Å². The molecule has 6 nitrogen and oxygen atoms in total. The van der Waals surface area contributed by atoms with Crippen LogP contribution in [0.2, 0.25) is 5.02 Å². The Morgan fingerprint density at radius 1 is 1.48 bits per heavy atom. The quantitative estimate of drug-likeness (QED) is 0.595. The van der Waals surface area contributed by atoms with Crippen LogP contribution in [0.15, 0.2) is 28.2 Å². The summed E-state index contributed by atoms with van der Waals surface area (Å²) in [5.41, 5.74) is 2.01. The van der Waals surface area contributed by atoms with E-state index in [1.54, 1.807) is 36.9 Å². The van der Waals surface area contributed by atoms with E-state index in [2.05, 4.69) is 15.3 Å². The number of amides is 1. The fraction of sp³-hybridized carbons (Fsp3) is 0.312. The Bertz CT molecular complexity index is 872. The number of carbonyl (C=O) groups is 1. The molecular formula is C16H16ClN3O3S2. The van der Waals surface area contributed by atoms with Crippen LogP contribution in [0.25, 0.3) is 0 Å². The third-order valence-corrected chi connectivity index (χ3v) is 5.89. The maximum Gasteiger partial charge on any atom is 0.255 e. The molecule has 0 saturated heterocycles. The lowest BCUT2D eigenvalue weighted by Crippen LogP contribution is -2.23. The van der Waals surface area contributed by atoms with E-state index in [9.17, 15) is 9.59 Å². The van der Waals surface area contributed by atoms with Gasteiger partial charge in [-0.1, -0.05) is 23.4 Å². The van der Waals surface area contributed by atoms with Gasteiger partial charge >= 0.3 is 0 Å². The monoisotopic (exact) mass is 397 g/mol. The van der Waals surface area contributed by atoms with Gasteiger partial charge < -0.3 is 15.0 Å². The van der Waals surface area contributed by atoms with Crippen LogP contribution < -0.4 is 15.6 Å². The fourth-order valence-electron chi connectivity index (χ4n) is 2.30. The average molecular weight is 398 g/mol. The van der Waals surface area contributed by atoms with Gasteiger partial charge in [0.1, 0.15) is 5.75 Å². The van der Waals surface area contributed by atoms with Crippen LogP contribution in [0, 0.1) is 0 Å². The lowest BCUT2D eigenvalue weighted by Gasteiger charge is -2.13. The standard InChI is InChI=1S/C16H16ClN3O3S2/c1-8(14(21)18-9-3-4-13(23-2)11(17)5-9)25-16-19-12-7-24-6-10(12)15(22)20-16/h3-5,8H,6-7H2,1-2H3,(H,18,21)(H,19,20,22). The lowest BCUT2D eigenvalue weighted by molar-refractivity contribution is -0.115. The van der Waals surface area contributed by atoms with Crippen LogP contribution in [-0.2, 0) is 16.3 Å². The average Bonchev–Trinajstić information content (AvgIpc) is 3.04. The van der Waals surface area contributed by atoms with Gasteiger partial charge in [-0.25, -0.2) is 4.98 Å². The fourth-order valence-corrected chi connectivity index (χ4v) is 4.41.